The van der Waals surface area contributed by atoms with Gasteiger partial charge in [-0.2, -0.15) is 4.98 Å². The van der Waals surface area contributed by atoms with E-state index in [0.29, 0.717) is 16.5 Å². The quantitative estimate of drug-likeness (QED) is 0.686. The molecule has 1 aliphatic heterocycles. The molecule has 1 aliphatic rings. The highest BCUT2D eigenvalue weighted by Crippen LogP contribution is 2.14. The summed E-state index contributed by atoms with van der Waals surface area (Å²) < 4.78 is 7.01. The molecule has 1 saturated heterocycles. The highest BCUT2D eigenvalue weighted by atomic mass is 32.1. The molecule has 0 atom stereocenters. The summed E-state index contributed by atoms with van der Waals surface area (Å²) in [4.78, 5) is 19.5. The third-order valence-corrected chi connectivity index (χ3v) is 5.04. The zero-order chi connectivity index (χ0) is 17.8. The minimum atomic E-state index is -0.195. The van der Waals surface area contributed by atoms with Crippen LogP contribution >= 0.6 is 11.3 Å². The highest BCUT2D eigenvalue weighted by molar-refractivity contribution is 7.12. The monoisotopic (exact) mass is 372 g/mol. The first kappa shape index (κ1) is 17.0. The molecule has 0 saturated carbocycles. The molecule has 0 spiro atoms. The lowest BCUT2D eigenvalue weighted by molar-refractivity contribution is 0.0398. The van der Waals surface area contributed by atoms with E-state index >= 15 is 0 Å². The number of anilines is 2. The van der Waals surface area contributed by atoms with Crippen LogP contribution in [0.4, 0.5) is 11.6 Å². The molecular weight excluding hydrogens is 352 g/mol. The molecule has 4 heterocycles. The molecule has 0 aliphatic carbocycles. The standard InChI is InChI=1S/C17H20N6O2S/c24-16(14-2-1-11-26-14)20-17-19-15-12-13(3-5-23(15)21-17)18-4-6-22-7-9-25-10-8-22/h1-3,5,11-12,18H,4,6-10H2,(H,20,21,24). The molecule has 3 aromatic heterocycles. The van der Waals surface area contributed by atoms with Gasteiger partial charge in [-0.15, -0.1) is 16.4 Å². The van der Waals surface area contributed by atoms with Crippen molar-refractivity contribution in [2.75, 3.05) is 50.0 Å². The molecule has 4 rings (SSSR count). The average Bonchev–Trinajstić information content (AvgIpc) is 3.31. The van der Waals surface area contributed by atoms with Crippen LogP contribution in [-0.4, -0.2) is 64.8 Å². The van der Waals surface area contributed by atoms with Gasteiger partial charge in [0.05, 0.1) is 18.1 Å². The first-order valence-corrected chi connectivity index (χ1v) is 9.41. The number of thiophene rings is 1. The van der Waals surface area contributed by atoms with Gasteiger partial charge in [0, 0.05) is 44.1 Å². The molecule has 3 aromatic rings. The Morgan fingerprint density at radius 1 is 1.31 bits per heavy atom. The molecular formula is C17H20N6O2S. The van der Waals surface area contributed by atoms with Crippen molar-refractivity contribution in [3.05, 3.63) is 40.7 Å². The van der Waals surface area contributed by atoms with Crippen molar-refractivity contribution < 1.29 is 9.53 Å². The number of hydrogen-bond donors (Lipinski definition) is 2. The van der Waals surface area contributed by atoms with Gasteiger partial charge in [0.2, 0.25) is 5.95 Å². The van der Waals surface area contributed by atoms with Crippen LogP contribution in [0.25, 0.3) is 5.65 Å². The number of pyridine rings is 1. The van der Waals surface area contributed by atoms with Crippen molar-refractivity contribution in [1.82, 2.24) is 19.5 Å². The summed E-state index contributed by atoms with van der Waals surface area (Å²) in [6.45, 7) is 5.42. The lowest BCUT2D eigenvalue weighted by Gasteiger charge is -2.26. The summed E-state index contributed by atoms with van der Waals surface area (Å²) in [6.07, 6.45) is 1.83. The Morgan fingerprint density at radius 2 is 2.19 bits per heavy atom. The van der Waals surface area contributed by atoms with Gasteiger partial charge < -0.3 is 10.1 Å². The maximum Gasteiger partial charge on any atom is 0.268 e. The van der Waals surface area contributed by atoms with E-state index in [4.69, 9.17) is 4.74 Å². The molecule has 0 unspecified atom stereocenters. The number of amides is 1. The van der Waals surface area contributed by atoms with Gasteiger partial charge in [-0.25, -0.2) is 4.52 Å². The SMILES string of the molecule is O=C(Nc1nc2cc(NCCN3CCOCC3)ccn2n1)c1cccs1. The average molecular weight is 372 g/mol. The Labute approximate surface area is 154 Å². The maximum atomic E-state index is 12.1. The van der Waals surface area contributed by atoms with E-state index in [1.165, 1.54) is 11.3 Å². The topological polar surface area (TPSA) is 83.8 Å². The fourth-order valence-electron chi connectivity index (χ4n) is 2.80. The van der Waals surface area contributed by atoms with Crippen LogP contribution in [0.3, 0.4) is 0 Å². The first-order valence-electron chi connectivity index (χ1n) is 8.53. The number of ether oxygens (including phenoxy) is 1. The van der Waals surface area contributed by atoms with Crippen LogP contribution in [0.1, 0.15) is 9.67 Å². The lowest BCUT2D eigenvalue weighted by atomic mass is 10.3. The van der Waals surface area contributed by atoms with E-state index in [0.717, 1.165) is 45.1 Å². The molecule has 1 amide bonds. The van der Waals surface area contributed by atoms with Crippen molar-refractivity contribution in [1.29, 1.82) is 0 Å². The molecule has 2 N–H and O–H groups in total. The lowest BCUT2D eigenvalue weighted by Crippen LogP contribution is -2.39. The Morgan fingerprint density at radius 3 is 3.00 bits per heavy atom. The van der Waals surface area contributed by atoms with E-state index in [1.807, 2.05) is 29.8 Å². The normalized spacial score (nSPS) is 15.2. The highest BCUT2D eigenvalue weighted by Gasteiger charge is 2.12. The van der Waals surface area contributed by atoms with Crippen LogP contribution in [-0.2, 0) is 4.74 Å². The van der Waals surface area contributed by atoms with Gasteiger partial charge in [-0.1, -0.05) is 6.07 Å². The fourth-order valence-corrected chi connectivity index (χ4v) is 3.42. The summed E-state index contributed by atoms with van der Waals surface area (Å²) in [7, 11) is 0. The molecule has 0 bridgehead atoms. The third-order valence-electron chi connectivity index (χ3n) is 4.17. The summed E-state index contributed by atoms with van der Waals surface area (Å²) in [6, 6.07) is 7.48. The Balaban J connectivity index is 1.36. The largest absolute Gasteiger partial charge is 0.384 e. The number of fused-ring (bicyclic) bond motifs is 1. The van der Waals surface area contributed by atoms with E-state index in [1.54, 1.807) is 10.6 Å². The zero-order valence-corrected chi connectivity index (χ0v) is 15.0. The smallest absolute Gasteiger partial charge is 0.268 e. The third kappa shape index (κ3) is 4.01. The molecule has 0 radical (unpaired) electrons. The second-order valence-electron chi connectivity index (χ2n) is 5.97. The molecule has 9 heteroatoms. The predicted octanol–water partition coefficient (Wildman–Crippen LogP) is 1.79. The molecule has 136 valence electrons. The zero-order valence-electron chi connectivity index (χ0n) is 14.2. The van der Waals surface area contributed by atoms with Gasteiger partial charge >= 0.3 is 0 Å². The van der Waals surface area contributed by atoms with Gasteiger partial charge in [0.25, 0.3) is 5.91 Å². The van der Waals surface area contributed by atoms with Crippen LogP contribution in [0.2, 0.25) is 0 Å². The van der Waals surface area contributed by atoms with Gasteiger partial charge in [-0.3, -0.25) is 15.0 Å². The van der Waals surface area contributed by atoms with E-state index in [2.05, 4.69) is 25.6 Å². The number of hydrogen-bond acceptors (Lipinski definition) is 7. The molecule has 8 nitrogen and oxygen atoms in total. The number of carbonyl (C=O) groups is 1. The van der Waals surface area contributed by atoms with Crippen molar-refractivity contribution in [3.8, 4) is 0 Å². The van der Waals surface area contributed by atoms with Crippen LogP contribution < -0.4 is 10.6 Å². The van der Waals surface area contributed by atoms with Gasteiger partial charge in [-0.05, 0) is 17.5 Å². The Hall–Kier alpha value is -2.49. The molecule has 26 heavy (non-hydrogen) atoms. The van der Waals surface area contributed by atoms with Gasteiger partial charge in [0.15, 0.2) is 5.65 Å². The second-order valence-corrected chi connectivity index (χ2v) is 6.91. The number of rotatable bonds is 6. The number of nitrogens with zero attached hydrogens (tertiary/aromatic N) is 4. The van der Waals surface area contributed by atoms with Crippen LogP contribution in [0, 0.1) is 0 Å². The Bertz CT molecular complexity index is 873. The predicted molar refractivity (Wildman–Crippen MR) is 101 cm³/mol. The summed E-state index contributed by atoms with van der Waals surface area (Å²) >= 11 is 1.38. The maximum absolute atomic E-state index is 12.1. The summed E-state index contributed by atoms with van der Waals surface area (Å²) in [5, 5.41) is 12.3. The van der Waals surface area contributed by atoms with E-state index < -0.39 is 0 Å². The van der Waals surface area contributed by atoms with Crippen LogP contribution in [0.15, 0.2) is 35.8 Å². The number of aromatic nitrogens is 3. The summed E-state index contributed by atoms with van der Waals surface area (Å²) in [5.74, 6) is 0.105. The number of carbonyl (C=O) groups excluding carboxylic acids is 1. The number of morpholine rings is 1. The molecule has 1 fully saturated rings. The second kappa shape index (κ2) is 7.81. The molecule has 0 aromatic carbocycles. The van der Waals surface area contributed by atoms with E-state index in [-0.39, 0.29) is 5.91 Å². The van der Waals surface area contributed by atoms with Gasteiger partial charge in [0.1, 0.15) is 0 Å². The minimum absolute atomic E-state index is 0.195. The van der Waals surface area contributed by atoms with Crippen molar-refractivity contribution in [2.24, 2.45) is 0 Å². The minimum Gasteiger partial charge on any atom is -0.384 e. The van der Waals surface area contributed by atoms with E-state index in [9.17, 15) is 4.79 Å². The van der Waals surface area contributed by atoms with Crippen LogP contribution in [0.5, 0.6) is 0 Å². The number of nitrogens with one attached hydrogen (secondary N) is 2. The summed E-state index contributed by atoms with van der Waals surface area (Å²) in [5.41, 5.74) is 1.66. The van der Waals surface area contributed by atoms with Crippen molar-refractivity contribution in [2.45, 2.75) is 0 Å². The fraction of sp³-hybridized carbons (Fsp3) is 0.353. The van der Waals surface area contributed by atoms with Crippen molar-refractivity contribution in [3.63, 3.8) is 0 Å². The first-order chi connectivity index (χ1) is 12.8. The van der Waals surface area contributed by atoms with Crippen molar-refractivity contribution >= 4 is 34.5 Å². The Kier molecular flexibility index (Phi) is 5.09.